The molecule has 1 aliphatic rings. The topological polar surface area (TPSA) is 70.5 Å². The second-order valence-corrected chi connectivity index (χ2v) is 5.67. The van der Waals surface area contributed by atoms with Crippen LogP contribution in [0, 0.1) is 5.92 Å². The smallest absolute Gasteiger partial charge is 0.328 e. The zero-order chi connectivity index (χ0) is 15.4. The summed E-state index contributed by atoms with van der Waals surface area (Å²) in [4.78, 5) is 29.0. The molecule has 1 fully saturated rings. The van der Waals surface area contributed by atoms with Gasteiger partial charge in [-0.25, -0.2) is 4.79 Å². The Morgan fingerprint density at radius 2 is 2.14 bits per heavy atom. The van der Waals surface area contributed by atoms with Crippen molar-refractivity contribution in [2.75, 3.05) is 6.54 Å². The molecule has 0 aliphatic heterocycles. The largest absolute Gasteiger partial charge is 0.478 e. The van der Waals surface area contributed by atoms with E-state index >= 15 is 0 Å². The second-order valence-electron chi connectivity index (χ2n) is 5.67. The van der Waals surface area contributed by atoms with Crippen molar-refractivity contribution >= 4 is 18.0 Å². The molecular formula is C16H20N2O3. The molecule has 0 aromatic carbocycles. The quantitative estimate of drug-likeness (QED) is 0.816. The number of amides is 1. The molecule has 5 nitrogen and oxygen atoms in total. The first-order chi connectivity index (χ1) is 9.97. The minimum atomic E-state index is -1.02. The van der Waals surface area contributed by atoms with Crippen LogP contribution in [0.1, 0.15) is 42.6 Å². The van der Waals surface area contributed by atoms with Crippen molar-refractivity contribution in [1.82, 2.24) is 9.88 Å². The third kappa shape index (κ3) is 4.41. The molecule has 1 N–H and O–H groups in total. The Bertz CT molecular complexity index is 562. The summed E-state index contributed by atoms with van der Waals surface area (Å²) in [5.41, 5.74) is 1.11. The van der Waals surface area contributed by atoms with Gasteiger partial charge < -0.3 is 10.0 Å². The summed E-state index contributed by atoms with van der Waals surface area (Å²) in [6.07, 6.45) is 7.92. The Balaban J connectivity index is 2.16. The molecule has 1 aromatic rings. The van der Waals surface area contributed by atoms with Gasteiger partial charge in [0.05, 0.1) is 5.56 Å². The Morgan fingerprint density at radius 1 is 1.43 bits per heavy atom. The highest BCUT2D eigenvalue weighted by atomic mass is 16.4. The molecule has 0 radical (unpaired) electrons. The standard InChI is InChI=1S/C16H20N2O3/c1-11(2)18(10-12-3-4-12)16(21)14-7-13(8-17-9-14)5-6-15(19)20/h5-9,11-12H,3-4,10H2,1-2H3,(H,19,20). The molecule has 2 rings (SSSR count). The first kappa shape index (κ1) is 15.2. The van der Waals surface area contributed by atoms with E-state index in [0.717, 1.165) is 12.6 Å². The fraction of sp³-hybridized carbons (Fsp3) is 0.438. The molecule has 1 amide bonds. The Morgan fingerprint density at radius 3 is 2.71 bits per heavy atom. The number of carboxylic acids is 1. The van der Waals surface area contributed by atoms with Gasteiger partial charge in [-0.2, -0.15) is 0 Å². The highest BCUT2D eigenvalue weighted by Crippen LogP contribution is 2.30. The van der Waals surface area contributed by atoms with Crippen LogP contribution in [-0.4, -0.2) is 39.5 Å². The van der Waals surface area contributed by atoms with Gasteiger partial charge in [-0.15, -0.1) is 0 Å². The van der Waals surface area contributed by atoms with E-state index in [1.807, 2.05) is 18.7 Å². The fourth-order valence-corrected chi connectivity index (χ4v) is 2.11. The summed E-state index contributed by atoms with van der Waals surface area (Å²) < 4.78 is 0. The van der Waals surface area contributed by atoms with E-state index in [1.54, 1.807) is 6.07 Å². The molecule has 0 saturated heterocycles. The molecule has 1 heterocycles. The minimum Gasteiger partial charge on any atom is -0.478 e. The van der Waals surface area contributed by atoms with Crippen LogP contribution in [0.2, 0.25) is 0 Å². The normalized spacial score (nSPS) is 14.6. The van der Waals surface area contributed by atoms with Crippen LogP contribution in [0.15, 0.2) is 24.5 Å². The van der Waals surface area contributed by atoms with Crippen molar-refractivity contribution < 1.29 is 14.7 Å². The van der Waals surface area contributed by atoms with Gasteiger partial charge in [0.15, 0.2) is 0 Å². The van der Waals surface area contributed by atoms with Crippen molar-refractivity contribution in [3.05, 3.63) is 35.7 Å². The molecule has 5 heteroatoms. The van der Waals surface area contributed by atoms with E-state index in [9.17, 15) is 9.59 Å². The summed E-state index contributed by atoms with van der Waals surface area (Å²) in [6, 6.07) is 1.81. The van der Waals surface area contributed by atoms with Gasteiger partial charge in [-0.3, -0.25) is 9.78 Å². The van der Waals surface area contributed by atoms with Gasteiger partial charge in [0, 0.05) is 31.1 Å². The van der Waals surface area contributed by atoms with E-state index in [2.05, 4.69) is 4.98 Å². The number of aromatic nitrogens is 1. The maximum absolute atomic E-state index is 12.6. The second kappa shape index (κ2) is 6.52. The molecule has 0 atom stereocenters. The first-order valence-corrected chi connectivity index (χ1v) is 7.14. The molecule has 1 saturated carbocycles. The van der Waals surface area contributed by atoms with Crippen molar-refractivity contribution in [1.29, 1.82) is 0 Å². The van der Waals surface area contributed by atoms with E-state index < -0.39 is 5.97 Å². The highest BCUT2D eigenvalue weighted by molar-refractivity contribution is 5.95. The van der Waals surface area contributed by atoms with Gasteiger partial charge in [0.1, 0.15) is 0 Å². The van der Waals surface area contributed by atoms with E-state index in [4.69, 9.17) is 5.11 Å². The lowest BCUT2D eigenvalue weighted by Gasteiger charge is -2.26. The molecule has 0 bridgehead atoms. The lowest BCUT2D eigenvalue weighted by molar-refractivity contribution is -0.131. The Labute approximate surface area is 124 Å². The number of aliphatic carboxylic acids is 1. The van der Waals surface area contributed by atoms with Gasteiger partial charge >= 0.3 is 5.97 Å². The summed E-state index contributed by atoms with van der Waals surface area (Å²) >= 11 is 0. The van der Waals surface area contributed by atoms with Crippen molar-refractivity contribution in [2.24, 2.45) is 5.92 Å². The molecule has 0 spiro atoms. The van der Waals surface area contributed by atoms with Crippen LogP contribution < -0.4 is 0 Å². The average molecular weight is 288 g/mol. The predicted molar refractivity (Wildman–Crippen MR) is 79.8 cm³/mol. The van der Waals surface area contributed by atoms with Crippen molar-refractivity contribution in [3.63, 3.8) is 0 Å². The number of pyridine rings is 1. The van der Waals surface area contributed by atoms with Gasteiger partial charge in [0.2, 0.25) is 0 Å². The number of hydrogen-bond acceptors (Lipinski definition) is 3. The maximum atomic E-state index is 12.6. The van der Waals surface area contributed by atoms with Crippen LogP contribution in [-0.2, 0) is 4.79 Å². The Kier molecular flexibility index (Phi) is 4.73. The summed E-state index contributed by atoms with van der Waals surface area (Å²) in [6.45, 7) is 4.79. The predicted octanol–water partition coefficient (Wildman–Crippen LogP) is 2.44. The summed E-state index contributed by atoms with van der Waals surface area (Å²) in [5, 5.41) is 8.64. The number of carbonyl (C=O) groups is 2. The van der Waals surface area contributed by atoms with Crippen LogP contribution in [0.3, 0.4) is 0 Å². The lowest BCUT2D eigenvalue weighted by atomic mass is 10.1. The third-order valence-corrected chi connectivity index (χ3v) is 3.46. The fourth-order valence-electron chi connectivity index (χ4n) is 2.11. The average Bonchev–Trinajstić information content (AvgIpc) is 3.26. The summed E-state index contributed by atoms with van der Waals surface area (Å²) in [5.74, 6) is -0.446. The van der Waals surface area contributed by atoms with Gasteiger partial charge in [0.25, 0.3) is 5.91 Å². The number of carbonyl (C=O) groups excluding carboxylic acids is 1. The molecule has 21 heavy (non-hydrogen) atoms. The highest BCUT2D eigenvalue weighted by Gasteiger charge is 2.28. The first-order valence-electron chi connectivity index (χ1n) is 7.14. The van der Waals surface area contributed by atoms with Crippen molar-refractivity contribution in [3.8, 4) is 0 Å². The molecule has 0 unspecified atom stereocenters. The minimum absolute atomic E-state index is 0.0463. The van der Waals surface area contributed by atoms with Gasteiger partial charge in [-0.1, -0.05) is 0 Å². The molecule has 1 aromatic heterocycles. The SMILES string of the molecule is CC(C)N(CC1CC1)C(=O)c1cncc(C=CC(=O)O)c1. The van der Waals surface area contributed by atoms with E-state index in [1.165, 1.54) is 31.3 Å². The van der Waals surface area contributed by atoms with Crippen LogP contribution >= 0.6 is 0 Å². The van der Waals surface area contributed by atoms with Gasteiger partial charge in [-0.05, 0) is 50.3 Å². The molecule has 112 valence electrons. The zero-order valence-corrected chi connectivity index (χ0v) is 12.3. The Hall–Kier alpha value is -2.17. The number of hydrogen-bond donors (Lipinski definition) is 1. The van der Waals surface area contributed by atoms with Crippen LogP contribution in [0.4, 0.5) is 0 Å². The van der Waals surface area contributed by atoms with E-state index in [0.29, 0.717) is 17.0 Å². The maximum Gasteiger partial charge on any atom is 0.328 e. The number of carboxylic acid groups (broad SMARTS) is 1. The number of nitrogens with zero attached hydrogens (tertiary/aromatic N) is 2. The summed E-state index contributed by atoms with van der Waals surface area (Å²) in [7, 11) is 0. The molecule has 1 aliphatic carbocycles. The van der Waals surface area contributed by atoms with Crippen molar-refractivity contribution in [2.45, 2.75) is 32.7 Å². The monoisotopic (exact) mass is 288 g/mol. The lowest BCUT2D eigenvalue weighted by Crippen LogP contribution is -2.38. The molecular weight excluding hydrogens is 268 g/mol. The van der Waals surface area contributed by atoms with E-state index in [-0.39, 0.29) is 11.9 Å². The zero-order valence-electron chi connectivity index (χ0n) is 12.3. The van der Waals surface area contributed by atoms with Crippen LogP contribution in [0.25, 0.3) is 6.08 Å². The number of rotatable bonds is 6. The third-order valence-electron chi connectivity index (χ3n) is 3.46. The van der Waals surface area contributed by atoms with Crippen LogP contribution in [0.5, 0.6) is 0 Å².